The van der Waals surface area contributed by atoms with Crippen LogP contribution in [0.2, 0.25) is 0 Å². The van der Waals surface area contributed by atoms with Gasteiger partial charge in [0, 0.05) is 37.1 Å². The Kier molecular flexibility index (Phi) is 9.44. The normalized spacial score (nSPS) is 29.9. The number of aliphatic hydroxyl groups is 1. The molecule has 1 aliphatic carbocycles. The van der Waals surface area contributed by atoms with E-state index in [9.17, 15) is 19.8 Å². The molecule has 2 N–H and O–H groups in total. The molecular formula is C31H41ClN2O5. The minimum absolute atomic E-state index is 0.183. The fourth-order valence-corrected chi connectivity index (χ4v) is 5.86. The third-order valence-electron chi connectivity index (χ3n) is 8.37. The average Bonchev–Trinajstić information content (AvgIpc) is 2.93. The molecule has 2 bridgehead atoms. The van der Waals surface area contributed by atoms with Crippen molar-refractivity contribution >= 4 is 29.2 Å². The van der Waals surface area contributed by atoms with Crippen molar-refractivity contribution in [3.05, 3.63) is 59.2 Å². The van der Waals surface area contributed by atoms with Crippen LogP contribution >= 0.6 is 11.6 Å². The van der Waals surface area contributed by atoms with Crippen molar-refractivity contribution in [2.24, 2.45) is 11.3 Å². The number of carboxylic acid groups (broad SMARTS) is 1. The Morgan fingerprint density at radius 1 is 1.10 bits per heavy atom. The van der Waals surface area contributed by atoms with Crippen LogP contribution in [0.25, 0.3) is 0 Å². The molecule has 8 heteroatoms. The van der Waals surface area contributed by atoms with Crippen LogP contribution in [0.1, 0.15) is 63.9 Å². The number of allylic oxidation sites excluding steroid dienone is 4. The van der Waals surface area contributed by atoms with E-state index < -0.39 is 23.9 Å². The second kappa shape index (κ2) is 12.6. The summed E-state index contributed by atoms with van der Waals surface area (Å²) in [5.74, 6) is -0.960. The van der Waals surface area contributed by atoms with Crippen molar-refractivity contribution < 1.29 is 24.5 Å². The molecule has 2 unspecified atom stereocenters. The van der Waals surface area contributed by atoms with Gasteiger partial charge in [0.25, 0.3) is 0 Å². The lowest BCUT2D eigenvalue weighted by atomic mass is 9.72. The van der Waals surface area contributed by atoms with Gasteiger partial charge in [-0.1, -0.05) is 55.3 Å². The van der Waals surface area contributed by atoms with Gasteiger partial charge in [-0.05, 0) is 68.2 Å². The van der Waals surface area contributed by atoms with Gasteiger partial charge in [0.15, 0.2) is 5.60 Å². The summed E-state index contributed by atoms with van der Waals surface area (Å²) in [5, 5.41) is 22.3. The molecule has 1 amide bonds. The second-order valence-corrected chi connectivity index (χ2v) is 11.8. The van der Waals surface area contributed by atoms with Crippen LogP contribution in [0.15, 0.2) is 53.6 Å². The highest BCUT2D eigenvalue weighted by Crippen LogP contribution is 2.42. The molecule has 2 heterocycles. The molecule has 1 aromatic carbocycles. The zero-order chi connectivity index (χ0) is 28.0. The summed E-state index contributed by atoms with van der Waals surface area (Å²) in [7, 11) is 1.64. The van der Waals surface area contributed by atoms with Crippen LogP contribution in [0, 0.1) is 11.3 Å². The number of nitrogens with zero attached hydrogens (tertiary/aromatic N) is 2. The number of halogens is 1. The number of fused-ring (bicyclic) bond motifs is 2. The molecular weight excluding hydrogens is 516 g/mol. The molecule has 2 aliphatic heterocycles. The molecule has 0 fully saturated rings. The van der Waals surface area contributed by atoms with E-state index in [4.69, 9.17) is 16.3 Å². The average molecular weight is 557 g/mol. The quantitative estimate of drug-likeness (QED) is 0.436. The highest BCUT2D eigenvalue weighted by Gasteiger charge is 2.42. The topological polar surface area (TPSA) is 90.3 Å². The summed E-state index contributed by atoms with van der Waals surface area (Å²) in [6.07, 6.45) is 16.5. The summed E-state index contributed by atoms with van der Waals surface area (Å²) in [6.45, 7) is 4.64. The maximum absolute atomic E-state index is 13.0. The van der Waals surface area contributed by atoms with Gasteiger partial charge in [0.05, 0.1) is 18.7 Å². The van der Waals surface area contributed by atoms with E-state index in [2.05, 4.69) is 36.1 Å². The van der Waals surface area contributed by atoms with E-state index in [0.29, 0.717) is 25.3 Å². The number of hydrogen-bond donors (Lipinski definition) is 2. The first-order chi connectivity index (χ1) is 18.6. The van der Waals surface area contributed by atoms with E-state index in [0.717, 1.165) is 62.3 Å². The summed E-state index contributed by atoms with van der Waals surface area (Å²) < 4.78 is 6.48. The minimum atomic E-state index is -2.35. The number of ether oxygens (including phenoxy) is 1. The lowest BCUT2D eigenvalue weighted by Crippen LogP contribution is -2.42. The largest absolute Gasteiger partial charge is 0.490 e. The molecule has 212 valence electrons. The molecule has 0 spiro atoms. The molecule has 3 aliphatic rings. The van der Waals surface area contributed by atoms with Gasteiger partial charge in [-0.25, -0.2) is 4.79 Å². The maximum Gasteiger partial charge on any atom is 0.340 e. The predicted molar refractivity (Wildman–Crippen MR) is 154 cm³/mol. The smallest absolute Gasteiger partial charge is 0.340 e. The number of carbonyl (C=O) groups is 2. The van der Waals surface area contributed by atoms with Gasteiger partial charge >= 0.3 is 5.97 Å². The van der Waals surface area contributed by atoms with Crippen LogP contribution in [0.5, 0.6) is 5.75 Å². The number of carbonyl (C=O) groups excluding carboxylic acids is 1. The van der Waals surface area contributed by atoms with Crippen molar-refractivity contribution in [3.8, 4) is 5.75 Å². The molecule has 3 atom stereocenters. The predicted octanol–water partition coefficient (Wildman–Crippen LogP) is 5.62. The molecule has 1 aromatic rings. The Morgan fingerprint density at radius 3 is 2.62 bits per heavy atom. The summed E-state index contributed by atoms with van der Waals surface area (Å²) >= 11 is 6.36. The second-order valence-electron chi connectivity index (χ2n) is 11.4. The number of rotatable bonds is 1. The highest BCUT2D eigenvalue weighted by atomic mass is 35.5. The van der Waals surface area contributed by atoms with Gasteiger partial charge < -0.3 is 24.7 Å². The molecule has 39 heavy (non-hydrogen) atoms. The molecule has 7 nitrogen and oxygen atoms in total. The van der Waals surface area contributed by atoms with Crippen LogP contribution < -0.4 is 9.64 Å². The number of benzene rings is 1. The van der Waals surface area contributed by atoms with Gasteiger partial charge in [-0.2, -0.15) is 0 Å². The van der Waals surface area contributed by atoms with Gasteiger partial charge in [-0.15, -0.1) is 0 Å². The summed E-state index contributed by atoms with van der Waals surface area (Å²) in [5.41, 5.74) is -1.65. The summed E-state index contributed by atoms with van der Waals surface area (Å²) in [4.78, 5) is 29.1. The van der Waals surface area contributed by atoms with E-state index in [1.165, 1.54) is 4.90 Å². The lowest BCUT2D eigenvalue weighted by Gasteiger charge is -2.36. The minimum Gasteiger partial charge on any atom is -0.490 e. The van der Waals surface area contributed by atoms with E-state index in [1.54, 1.807) is 25.2 Å². The Labute approximate surface area is 236 Å². The van der Waals surface area contributed by atoms with Crippen LogP contribution in [0.4, 0.5) is 5.69 Å². The van der Waals surface area contributed by atoms with Crippen molar-refractivity contribution in [1.82, 2.24) is 4.90 Å². The van der Waals surface area contributed by atoms with E-state index >= 15 is 0 Å². The highest BCUT2D eigenvalue weighted by molar-refractivity contribution is 6.31. The Bertz CT molecular complexity index is 1150. The first-order valence-corrected chi connectivity index (χ1v) is 14.4. The molecule has 0 saturated carbocycles. The van der Waals surface area contributed by atoms with E-state index in [1.807, 2.05) is 6.08 Å². The first kappa shape index (κ1) is 29.2. The van der Waals surface area contributed by atoms with Crippen LogP contribution in [-0.4, -0.2) is 60.3 Å². The number of hydrogen-bond acceptors (Lipinski definition) is 5. The third-order valence-corrected chi connectivity index (χ3v) is 8.63. The van der Waals surface area contributed by atoms with Gasteiger partial charge in [0.2, 0.25) is 5.91 Å². The number of amides is 1. The van der Waals surface area contributed by atoms with Crippen molar-refractivity contribution in [2.45, 2.75) is 63.9 Å². The SMILES string of the molecule is CN1CC/C=C/CCCCN2CCCCC3C=C(Cl)C=CC3(C)COc3ccc(cc32)[C@@](O)(C(=O)O)CC1=O. The molecule has 4 rings (SSSR count). The molecule has 0 aromatic heterocycles. The van der Waals surface area contributed by atoms with Crippen molar-refractivity contribution in [3.63, 3.8) is 0 Å². The number of aliphatic carboxylic acids is 1. The zero-order valence-corrected chi connectivity index (χ0v) is 23.8. The summed E-state index contributed by atoms with van der Waals surface area (Å²) in [6, 6.07) is 5.04. The van der Waals surface area contributed by atoms with Crippen LogP contribution in [-0.2, 0) is 15.2 Å². The Hall–Kier alpha value is -2.77. The van der Waals surface area contributed by atoms with E-state index in [-0.39, 0.29) is 16.9 Å². The number of anilines is 1. The van der Waals surface area contributed by atoms with Crippen molar-refractivity contribution in [2.75, 3.05) is 38.2 Å². The van der Waals surface area contributed by atoms with Gasteiger partial charge in [0.1, 0.15) is 5.75 Å². The Morgan fingerprint density at radius 2 is 1.85 bits per heavy atom. The molecule has 0 saturated heterocycles. The third kappa shape index (κ3) is 6.87. The first-order valence-electron chi connectivity index (χ1n) is 14.1. The number of carboxylic acids is 1. The van der Waals surface area contributed by atoms with Gasteiger partial charge in [-0.3, -0.25) is 4.79 Å². The monoisotopic (exact) mass is 556 g/mol. The zero-order valence-electron chi connectivity index (χ0n) is 23.1. The van der Waals surface area contributed by atoms with Crippen LogP contribution in [0.3, 0.4) is 0 Å². The lowest BCUT2D eigenvalue weighted by molar-refractivity contribution is -0.164. The fraction of sp³-hybridized carbons (Fsp3) is 0.548. The standard InChI is InChI=1S/C31H41ClN2O5/c1-30-15-14-25(32)19-23(30)11-7-10-18-34-17-9-6-4-3-5-8-16-33(2)28(35)21-31(38,29(36)37)24-12-13-27(39-22-30)26(34)20-24/h3,5,12-15,19-20,23,38H,4,6-11,16-18,21-22H2,1-2H3,(H,36,37)/b5-3+/t23?,30?,31-/m1/s1. The fourth-order valence-electron chi connectivity index (χ4n) is 5.65. The molecule has 0 radical (unpaired) electrons. The maximum atomic E-state index is 13.0. The Balaban J connectivity index is 1.75. The van der Waals surface area contributed by atoms with Crippen molar-refractivity contribution in [1.29, 1.82) is 0 Å².